The van der Waals surface area contributed by atoms with Crippen LogP contribution in [0.4, 0.5) is 5.13 Å². The van der Waals surface area contributed by atoms with Crippen molar-refractivity contribution in [3.8, 4) is 0 Å². The van der Waals surface area contributed by atoms with Crippen molar-refractivity contribution < 1.29 is 14.4 Å². The van der Waals surface area contributed by atoms with Crippen molar-refractivity contribution in [3.63, 3.8) is 0 Å². The Morgan fingerprint density at radius 3 is 2.37 bits per heavy atom. The Morgan fingerprint density at radius 1 is 1.10 bits per heavy atom. The van der Waals surface area contributed by atoms with Gasteiger partial charge in [-0.3, -0.25) is 24.2 Å². The van der Waals surface area contributed by atoms with E-state index in [1.165, 1.54) is 17.8 Å². The van der Waals surface area contributed by atoms with Gasteiger partial charge in [0, 0.05) is 25.0 Å². The number of nitrogens with zero attached hydrogens (tertiary/aromatic N) is 3. The molecule has 1 N–H and O–H groups in total. The molecule has 30 heavy (non-hydrogen) atoms. The molecule has 2 saturated heterocycles. The van der Waals surface area contributed by atoms with Crippen LogP contribution in [-0.4, -0.2) is 52.1 Å². The number of anilines is 1. The standard InChI is InChI=1S/C22H28N4O3S/c1-12-5-13(2)8-25(7-12)9-16-11-30-22(23-16)24-17(27)10-26-20(28)18-14-3-4-15(6-14)19(18)21(26)29/h3-4,11-15,18-19H,5-10H2,1-2H3,(H,23,24,27)/t12-,13+,14-,15-,18-,19+/m0/s1. The molecule has 5 rings (SSSR count). The van der Waals surface area contributed by atoms with E-state index in [4.69, 9.17) is 0 Å². The first-order valence-corrected chi connectivity index (χ1v) is 11.8. The van der Waals surface area contributed by atoms with Gasteiger partial charge in [-0.15, -0.1) is 11.3 Å². The van der Waals surface area contributed by atoms with Gasteiger partial charge in [0.05, 0.1) is 17.5 Å². The van der Waals surface area contributed by atoms with Crippen molar-refractivity contribution in [1.29, 1.82) is 0 Å². The first-order valence-electron chi connectivity index (χ1n) is 10.9. The highest BCUT2D eigenvalue weighted by Crippen LogP contribution is 2.52. The lowest BCUT2D eigenvalue weighted by molar-refractivity contribution is -0.143. The van der Waals surface area contributed by atoms with E-state index in [1.807, 2.05) is 5.38 Å². The number of likely N-dealkylation sites (tertiary alicyclic amines) is 2. The van der Waals surface area contributed by atoms with Crippen LogP contribution >= 0.6 is 11.3 Å². The molecule has 0 aromatic carbocycles. The number of fused-ring (bicyclic) bond motifs is 5. The molecule has 2 bridgehead atoms. The summed E-state index contributed by atoms with van der Waals surface area (Å²) in [6, 6.07) is 0. The van der Waals surface area contributed by atoms with Crippen LogP contribution in [0.25, 0.3) is 0 Å². The Hall–Kier alpha value is -2.06. The Kier molecular flexibility index (Phi) is 5.01. The maximum atomic E-state index is 12.7. The van der Waals surface area contributed by atoms with Gasteiger partial charge in [0.1, 0.15) is 6.54 Å². The van der Waals surface area contributed by atoms with Crippen LogP contribution in [0, 0.1) is 35.5 Å². The van der Waals surface area contributed by atoms with E-state index in [9.17, 15) is 14.4 Å². The maximum Gasteiger partial charge on any atom is 0.246 e. The van der Waals surface area contributed by atoms with E-state index in [0.717, 1.165) is 36.6 Å². The van der Waals surface area contributed by atoms with Crippen LogP contribution < -0.4 is 5.32 Å². The topological polar surface area (TPSA) is 82.6 Å². The summed E-state index contributed by atoms with van der Waals surface area (Å²) in [4.78, 5) is 46.1. The fourth-order valence-electron chi connectivity index (χ4n) is 6.01. The Labute approximate surface area is 180 Å². The zero-order chi connectivity index (χ0) is 21.0. The van der Waals surface area contributed by atoms with Gasteiger partial charge < -0.3 is 5.32 Å². The molecule has 7 nitrogen and oxygen atoms in total. The lowest BCUT2D eigenvalue weighted by Gasteiger charge is -2.34. The predicted molar refractivity (Wildman–Crippen MR) is 113 cm³/mol. The zero-order valence-corrected chi connectivity index (χ0v) is 18.2. The summed E-state index contributed by atoms with van der Waals surface area (Å²) in [7, 11) is 0. The molecule has 6 atom stereocenters. The third kappa shape index (κ3) is 3.50. The van der Waals surface area contributed by atoms with Crippen molar-refractivity contribution in [2.45, 2.75) is 33.2 Å². The zero-order valence-electron chi connectivity index (χ0n) is 17.4. The minimum Gasteiger partial charge on any atom is -0.300 e. The molecule has 2 aliphatic carbocycles. The number of carbonyl (C=O) groups is 3. The van der Waals surface area contributed by atoms with Crippen molar-refractivity contribution in [3.05, 3.63) is 23.2 Å². The Morgan fingerprint density at radius 2 is 1.73 bits per heavy atom. The van der Waals surface area contributed by atoms with E-state index in [2.05, 4.69) is 41.2 Å². The van der Waals surface area contributed by atoms with Crippen molar-refractivity contribution in [2.75, 3.05) is 25.0 Å². The second kappa shape index (κ2) is 7.57. The fraction of sp³-hybridized carbons (Fsp3) is 0.636. The summed E-state index contributed by atoms with van der Waals surface area (Å²) in [5, 5.41) is 5.27. The van der Waals surface area contributed by atoms with Gasteiger partial charge in [-0.25, -0.2) is 4.98 Å². The van der Waals surface area contributed by atoms with E-state index >= 15 is 0 Å². The average Bonchev–Trinajstić information content (AvgIpc) is 3.43. The van der Waals surface area contributed by atoms with Gasteiger partial charge in [-0.2, -0.15) is 0 Å². The minimum atomic E-state index is -0.363. The molecule has 0 radical (unpaired) electrons. The number of hydrogen-bond acceptors (Lipinski definition) is 6. The molecule has 1 saturated carbocycles. The Balaban J connectivity index is 1.17. The van der Waals surface area contributed by atoms with Gasteiger partial charge in [-0.05, 0) is 36.5 Å². The number of allylic oxidation sites excluding steroid dienone is 2. The Bertz CT molecular complexity index is 872. The molecule has 8 heteroatoms. The molecule has 1 aromatic rings. The quantitative estimate of drug-likeness (QED) is 0.575. The first-order chi connectivity index (χ1) is 14.4. The number of imide groups is 1. The number of rotatable bonds is 5. The number of aromatic nitrogens is 1. The van der Waals surface area contributed by atoms with Crippen molar-refractivity contribution in [1.82, 2.24) is 14.8 Å². The third-order valence-electron chi connectivity index (χ3n) is 6.99. The molecular formula is C22H28N4O3S. The van der Waals surface area contributed by atoms with Gasteiger partial charge in [0.25, 0.3) is 0 Å². The monoisotopic (exact) mass is 428 g/mol. The molecule has 4 aliphatic rings. The highest BCUT2D eigenvalue weighted by molar-refractivity contribution is 7.13. The number of amides is 3. The number of carbonyl (C=O) groups excluding carboxylic acids is 3. The molecule has 160 valence electrons. The number of hydrogen-bond donors (Lipinski definition) is 1. The van der Waals surface area contributed by atoms with Gasteiger partial charge in [-0.1, -0.05) is 26.0 Å². The summed E-state index contributed by atoms with van der Waals surface area (Å²) in [6.07, 6.45) is 6.27. The molecule has 2 aliphatic heterocycles. The molecular weight excluding hydrogens is 400 g/mol. The SMILES string of the molecule is C[C@@H]1C[C@H](C)CN(Cc2csc(NC(=O)CN3C(=O)[C@@H]4[C@H](C3=O)[C@H]3C=C[C@H]4C3)n2)C1. The second-order valence-corrected chi connectivity index (χ2v) is 10.5. The van der Waals surface area contributed by atoms with Gasteiger partial charge >= 0.3 is 0 Å². The summed E-state index contributed by atoms with van der Waals surface area (Å²) in [6.45, 7) is 7.27. The average molecular weight is 429 g/mol. The van der Waals surface area contributed by atoms with Gasteiger partial charge in [0.15, 0.2) is 5.13 Å². The van der Waals surface area contributed by atoms with Crippen LogP contribution in [0.15, 0.2) is 17.5 Å². The summed E-state index contributed by atoms with van der Waals surface area (Å²) in [5.41, 5.74) is 0.946. The molecule has 3 heterocycles. The highest BCUT2D eigenvalue weighted by atomic mass is 32.1. The van der Waals surface area contributed by atoms with E-state index in [0.29, 0.717) is 17.0 Å². The van der Waals surface area contributed by atoms with Crippen LogP contribution in [0.2, 0.25) is 0 Å². The molecule has 1 aromatic heterocycles. The molecule has 3 amide bonds. The summed E-state index contributed by atoms with van der Waals surface area (Å²) in [5.74, 6) is 0.423. The van der Waals surface area contributed by atoms with Crippen LogP contribution in [0.5, 0.6) is 0 Å². The van der Waals surface area contributed by atoms with Crippen LogP contribution in [0.1, 0.15) is 32.4 Å². The minimum absolute atomic E-state index is 0.159. The van der Waals surface area contributed by atoms with Crippen molar-refractivity contribution >= 4 is 34.2 Å². The lowest BCUT2D eigenvalue weighted by Crippen LogP contribution is -2.39. The number of nitrogens with one attached hydrogen (secondary N) is 1. The van der Waals surface area contributed by atoms with Gasteiger partial charge in [0.2, 0.25) is 17.7 Å². The van der Waals surface area contributed by atoms with Crippen molar-refractivity contribution in [2.24, 2.45) is 35.5 Å². The number of thiazole rings is 1. The molecule has 0 spiro atoms. The summed E-state index contributed by atoms with van der Waals surface area (Å²) >= 11 is 1.39. The normalized spacial score (nSPS) is 35.3. The first kappa shape index (κ1) is 19.9. The maximum absolute atomic E-state index is 12.7. The van der Waals surface area contributed by atoms with E-state index < -0.39 is 0 Å². The highest BCUT2D eigenvalue weighted by Gasteiger charge is 2.59. The molecule has 0 unspecified atom stereocenters. The largest absolute Gasteiger partial charge is 0.300 e. The third-order valence-corrected chi connectivity index (χ3v) is 7.80. The fourth-order valence-corrected chi connectivity index (χ4v) is 6.73. The predicted octanol–water partition coefficient (Wildman–Crippen LogP) is 2.37. The summed E-state index contributed by atoms with van der Waals surface area (Å²) < 4.78 is 0. The second-order valence-electron chi connectivity index (χ2n) is 9.59. The lowest BCUT2D eigenvalue weighted by atomic mass is 9.85. The van der Waals surface area contributed by atoms with Crippen LogP contribution in [-0.2, 0) is 20.9 Å². The number of piperidine rings is 1. The smallest absolute Gasteiger partial charge is 0.246 e. The van der Waals surface area contributed by atoms with E-state index in [1.54, 1.807) is 0 Å². The van der Waals surface area contributed by atoms with E-state index in [-0.39, 0.29) is 47.9 Å². The van der Waals surface area contributed by atoms with Crippen LogP contribution in [0.3, 0.4) is 0 Å². The molecule has 3 fully saturated rings.